The summed E-state index contributed by atoms with van der Waals surface area (Å²) in [5.41, 5.74) is 5.78. The summed E-state index contributed by atoms with van der Waals surface area (Å²) in [5, 5.41) is 3.35. The fraction of sp³-hybridized carbons (Fsp3) is 0.500. The molecule has 0 aliphatic heterocycles. The second kappa shape index (κ2) is 7.29. The maximum Gasteiger partial charge on any atom is -0.00143 e. The van der Waals surface area contributed by atoms with E-state index in [1.807, 2.05) is 0 Å². The van der Waals surface area contributed by atoms with E-state index in [4.69, 9.17) is 0 Å². The lowest BCUT2D eigenvalue weighted by Crippen LogP contribution is -2.13. The molecule has 0 spiro atoms. The Morgan fingerprint density at radius 2 is 1.88 bits per heavy atom. The molecule has 0 atom stereocenters. The minimum Gasteiger partial charge on any atom is -0.317 e. The molecule has 0 bridgehead atoms. The Bertz CT molecular complexity index is 357. The zero-order chi connectivity index (χ0) is 12.7. The van der Waals surface area contributed by atoms with Gasteiger partial charge in [-0.3, -0.25) is 0 Å². The molecule has 0 radical (unpaired) electrons. The zero-order valence-electron chi connectivity index (χ0n) is 11.6. The van der Waals surface area contributed by atoms with Crippen LogP contribution < -0.4 is 5.32 Å². The third-order valence-corrected chi connectivity index (χ3v) is 3.16. The van der Waals surface area contributed by atoms with Crippen LogP contribution in [0.3, 0.4) is 0 Å². The van der Waals surface area contributed by atoms with Crippen molar-refractivity contribution in [2.45, 2.75) is 40.5 Å². The maximum absolute atomic E-state index is 3.35. The molecule has 0 aromatic heterocycles. The van der Waals surface area contributed by atoms with E-state index in [2.05, 4.69) is 57.3 Å². The van der Waals surface area contributed by atoms with Crippen LogP contribution >= 0.6 is 0 Å². The van der Waals surface area contributed by atoms with E-state index in [9.17, 15) is 0 Å². The van der Waals surface area contributed by atoms with Gasteiger partial charge in [0, 0.05) is 0 Å². The van der Waals surface area contributed by atoms with Gasteiger partial charge in [-0.25, -0.2) is 0 Å². The summed E-state index contributed by atoms with van der Waals surface area (Å²) < 4.78 is 0. The number of nitrogens with one attached hydrogen (secondary N) is 1. The smallest absolute Gasteiger partial charge is 0.00143 e. The summed E-state index contributed by atoms with van der Waals surface area (Å²) in [6.07, 6.45) is 4.57. The first-order valence-corrected chi connectivity index (χ1v) is 6.56. The largest absolute Gasteiger partial charge is 0.317 e. The lowest BCUT2D eigenvalue weighted by molar-refractivity contribution is 0.724. The van der Waals surface area contributed by atoms with E-state index < -0.39 is 0 Å². The summed E-state index contributed by atoms with van der Waals surface area (Å²) in [7, 11) is 0. The first-order chi connectivity index (χ1) is 8.15. The van der Waals surface area contributed by atoms with E-state index in [-0.39, 0.29) is 0 Å². The number of allylic oxidation sites excluding steroid dienone is 1. The second-order valence-electron chi connectivity index (χ2n) is 4.74. The predicted octanol–water partition coefficient (Wildman–Crippen LogP) is 3.79. The molecule has 0 aliphatic rings. The molecule has 0 amide bonds. The Morgan fingerprint density at radius 3 is 2.47 bits per heavy atom. The van der Waals surface area contributed by atoms with Crippen molar-refractivity contribution in [2.24, 2.45) is 0 Å². The molecule has 0 saturated carbocycles. The van der Waals surface area contributed by atoms with Gasteiger partial charge in [0.2, 0.25) is 0 Å². The molecular formula is C16H25N. The van der Waals surface area contributed by atoms with Gasteiger partial charge in [0.25, 0.3) is 0 Å². The Labute approximate surface area is 106 Å². The highest BCUT2D eigenvalue weighted by atomic mass is 14.8. The molecule has 1 rings (SSSR count). The van der Waals surface area contributed by atoms with Gasteiger partial charge in [-0.1, -0.05) is 36.8 Å². The van der Waals surface area contributed by atoms with Crippen LogP contribution in [0.5, 0.6) is 0 Å². The molecular weight excluding hydrogens is 206 g/mol. The number of aryl methyl sites for hydroxylation is 2. The molecule has 17 heavy (non-hydrogen) atoms. The first kappa shape index (κ1) is 14.0. The van der Waals surface area contributed by atoms with E-state index in [1.54, 1.807) is 0 Å². The van der Waals surface area contributed by atoms with E-state index in [0.29, 0.717) is 0 Å². The van der Waals surface area contributed by atoms with Gasteiger partial charge < -0.3 is 5.32 Å². The minimum absolute atomic E-state index is 1.06. The second-order valence-corrected chi connectivity index (χ2v) is 4.74. The SMILES string of the molecule is CCNCC/C=C(/C)Cc1c(C)cccc1C. The molecule has 0 saturated heterocycles. The van der Waals surface area contributed by atoms with Gasteiger partial charge >= 0.3 is 0 Å². The number of rotatable bonds is 6. The van der Waals surface area contributed by atoms with E-state index >= 15 is 0 Å². The Balaban J connectivity index is 2.58. The average molecular weight is 231 g/mol. The van der Waals surface area contributed by atoms with Gasteiger partial charge in [0.05, 0.1) is 0 Å². The van der Waals surface area contributed by atoms with Crippen LogP contribution in [-0.4, -0.2) is 13.1 Å². The van der Waals surface area contributed by atoms with Crippen LogP contribution in [0.4, 0.5) is 0 Å². The van der Waals surface area contributed by atoms with Gasteiger partial charge in [-0.2, -0.15) is 0 Å². The molecule has 1 N–H and O–H groups in total. The van der Waals surface area contributed by atoms with Gasteiger partial charge in [-0.05, 0) is 63.4 Å². The third-order valence-electron chi connectivity index (χ3n) is 3.16. The summed E-state index contributed by atoms with van der Waals surface area (Å²) in [6, 6.07) is 6.54. The minimum atomic E-state index is 1.06. The number of hydrogen-bond acceptors (Lipinski definition) is 1. The average Bonchev–Trinajstić information content (AvgIpc) is 2.30. The molecule has 0 heterocycles. The van der Waals surface area contributed by atoms with E-state index in [0.717, 1.165) is 25.9 Å². The Kier molecular flexibility index (Phi) is 5.99. The standard InChI is InChI=1S/C16H25N/c1-5-17-11-7-8-13(2)12-16-14(3)9-6-10-15(16)4/h6,8-10,17H,5,7,11-12H2,1-4H3/b13-8-. The van der Waals surface area contributed by atoms with Crippen molar-refractivity contribution < 1.29 is 0 Å². The molecule has 1 aromatic carbocycles. The molecule has 0 aliphatic carbocycles. The van der Waals surface area contributed by atoms with Crippen LogP contribution in [0.1, 0.15) is 37.0 Å². The molecule has 94 valence electrons. The quantitative estimate of drug-likeness (QED) is 0.580. The van der Waals surface area contributed by atoms with Crippen molar-refractivity contribution >= 4 is 0 Å². The highest BCUT2D eigenvalue weighted by molar-refractivity contribution is 5.36. The summed E-state index contributed by atoms with van der Waals surface area (Å²) in [4.78, 5) is 0. The van der Waals surface area contributed by atoms with Crippen LogP contribution in [0.25, 0.3) is 0 Å². The van der Waals surface area contributed by atoms with Crippen molar-refractivity contribution in [3.8, 4) is 0 Å². The third kappa shape index (κ3) is 4.74. The van der Waals surface area contributed by atoms with Crippen molar-refractivity contribution in [3.63, 3.8) is 0 Å². The van der Waals surface area contributed by atoms with Gasteiger partial charge in [-0.15, -0.1) is 0 Å². The van der Waals surface area contributed by atoms with Crippen LogP contribution in [-0.2, 0) is 6.42 Å². The fourth-order valence-corrected chi connectivity index (χ4v) is 2.08. The topological polar surface area (TPSA) is 12.0 Å². The van der Waals surface area contributed by atoms with Crippen LogP contribution in [0.2, 0.25) is 0 Å². The lowest BCUT2D eigenvalue weighted by atomic mass is 9.96. The number of hydrogen-bond donors (Lipinski definition) is 1. The molecule has 0 unspecified atom stereocenters. The van der Waals surface area contributed by atoms with E-state index in [1.165, 1.54) is 22.3 Å². The number of benzene rings is 1. The lowest BCUT2D eigenvalue weighted by Gasteiger charge is -2.10. The highest BCUT2D eigenvalue weighted by Gasteiger charge is 2.02. The fourth-order valence-electron chi connectivity index (χ4n) is 2.08. The van der Waals surface area contributed by atoms with Crippen molar-refractivity contribution in [3.05, 3.63) is 46.5 Å². The van der Waals surface area contributed by atoms with Crippen molar-refractivity contribution in [2.75, 3.05) is 13.1 Å². The molecule has 1 nitrogen and oxygen atoms in total. The van der Waals surface area contributed by atoms with Crippen molar-refractivity contribution in [1.82, 2.24) is 5.32 Å². The Hall–Kier alpha value is -1.08. The molecule has 1 aromatic rings. The monoisotopic (exact) mass is 231 g/mol. The van der Waals surface area contributed by atoms with Crippen molar-refractivity contribution in [1.29, 1.82) is 0 Å². The molecule has 1 heteroatoms. The molecule has 0 fully saturated rings. The maximum atomic E-state index is 3.35. The predicted molar refractivity (Wildman–Crippen MR) is 76.5 cm³/mol. The first-order valence-electron chi connectivity index (χ1n) is 6.56. The van der Waals surface area contributed by atoms with Crippen LogP contribution in [0.15, 0.2) is 29.8 Å². The van der Waals surface area contributed by atoms with Gasteiger partial charge in [0.15, 0.2) is 0 Å². The van der Waals surface area contributed by atoms with Crippen LogP contribution in [0, 0.1) is 13.8 Å². The Morgan fingerprint density at radius 1 is 1.24 bits per heavy atom. The zero-order valence-corrected chi connectivity index (χ0v) is 11.6. The highest BCUT2D eigenvalue weighted by Crippen LogP contribution is 2.17. The summed E-state index contributed by atoms with van der Waals surface area (Å²) >= 11 is 0. The normalized spacial score (nSPS) is 11.9. The van der Waals surface area contributed by atoms with Gasteiger partial charge in [0.1, 0.15) is 0 Å². The summed E-state index contributed by atoms with van der Waals surface area (Å²) in [6.45, 7) is 10.9. The summed E-state index contributed by atoms with van der Waals surface area (Å²) in [5.74, 6) is 0.